The van der Waals surface area contributed by atoms with Crippen molar-refractivity contribution in [2.45, 2.75) is 65.5 Å². The van der Waals surface area contributed by atoms with Gasteiger partial charge in [0.05, 0.1) is 34.9 Å². The van der Waals surface area contributed by atoms with Gasteiger partial charge in [0.2, 0.25) is 17.5 Å². The van der Waals surface area contributed by atoms with Gasteiger partial charge in [-0.1, -0.05) is 45.4 Å². The fourth-order valence-electron chi connectivity index (χ4n) is 9.35. The fraction of sp³-hybridized carbons (Fsp3) is 0.442. The number of rotatable bonds is 12. The minimum atomic E-state index is -1.04. The van der Waals surface area contributed by atoms with Crippen molar-refractivity contribution in [2.24, 2.45) is 16.7 Å². The van der Waals surface area contributed by atoms with Gasteiger partial charge in [0.1, 0.15) is 35.3 Å². The number of imide groups is 2. The molecule has 1 atom stereocenters. The van der Waals surface area contributed by atoms with Crippen molar-refractivity contribution in [1.82, 2.24) is 15.1 Å². The van der Waals surface area contributed by atoms with Crippen LogP contribution < -0.4 is 19.7 Å². The average molecular weight is 816 g/mol. The summed E-state index contributed by atoms with van der Waals surface area (Å²) in [6.45, 7) is 18.5. The average Bonchev–Trinajstić information content (AvgIpc) is 3.42. The van der Waals surface area contributed by atoms with Gasteiger partial charge in [-0.05, 0) is 61.2 Å². The number of benzene rings is 3. The van der Waals surface area contributed by atoms with Crippen LogP contribution in [0.4, 0.5) is 20.2 Å². The Morgan fingerprint density at radius 3 is 2.21 bits per heavy atom. The molecule has 1 N–H and O–H groups in total. The molecule has 3 aliphatic heterocycles. The van der Waals surface area contributed by atoms with E-state index in [1.165, 1.54) is 24.3 Å². The number of ether oxygens (including phenoxy) is 2. The second kappa shape index (κ2) is 15.8. The summed E-state index contributed by atoms with van der Waals surface area (Å²) < 4.78 is 43.3. The molecule has 3 aromatic rings. The maximum absolute atomic E-state index is 15.6. The zero-order valence-corrected chi connectivity index (χ0v) is 33.5. The van der Waals surface area contributed by atoms with Crippen LogP contribution in [0.2, 0.25) is 5.02 Å². The van der Waals surface area contributed by atoms with Crippen molar-refractivity contribution >= 4 is 52.4 Å². The summed E-state index contributed by atoms with van der Waals surface area (Å²) in [6.07, 6.45) is 0.395. The van der Waals surface area contributed by atoms with E-state index >= 15 is 8.78 Å². The van der Waals surface area contributed by atoms with Crippen LogP contribution in [0, 0.1) is 35.0 Å². The Morgan fingerprint density at radius 2 is 1.57 bits per heavy atom. The Morgan fingerprint density at radius 1 is 0.914 bits per heavy atom. The van der Waals surface area contributed by atoms with Crippen LogP contribution in [0.25, 0.3) is 4.85 Å². The predicted octanol–water partition coefficient (Wildman–Crippen LogP) is 6.86. The molecule has 1 saturated carbocycles. The maximum atomic E-state index is 15.6. The standard InChI is InChI=1S/C43H44ClF2N5O7/c1-42(2)35(43(3,4)41(42)58-26-8-10-32(47-5)29(44)22-26)23-34(52)37-30(45)19-24(20-31(37)46)50-16-14-49(15-17-50)13-6-18-57-25-7-9-27-28(21-25)40(56)51(39(27)55)33-11-12-36(53)48-38(33)54/h7-10,19-22,33,35,41H,6,11-18,23H2,1-4H3,(H,48,53,54). The molecular formula is C43H44ClF2N5O7. The molecule has 304 valence electrons. The number of anilines is 1. The number of ketones is 1. The normalized spacial score (nSPS) is 22.6. The van der Waals surface area contributed by atoms with Crippen molar-refractivity contribution in [3.05, 3.63) is 93.3 Å². The lowest BCUT2D eigenvalue weighted by Gasteiger charge is -2.63. The van der Waals surface area contributed by atoms with Crippen LogP contribution in [-0.4, -0.2) is 90.7 Å². The van der Waals surface area contributed by atoms with E-state index < -0.39 is 63.5 Å². The van der Waals surface area contributed by atoms with Gasteiger partial charge in [-0.3, -0.25) is 39.1 Å². The number of piperazine rings is 1. The molecule has 0 aromatic heterocycles. The number of carbonyl (C=O) groups is 5. The largest absolute Gasteiger partial charge is 0.494 e. The molecule has 58 heavy (non-hydrogen) atoms. The lowest BCUT2D eigenvalue weighted by Crippen LogP contribution is -2.66. The lowest BCUT2D eigenvalue weighted by molar-refractivity contribution is -0.196. The van der Waals surface area contributed by atoms with Crippen molar-refractivity contribution in [2.75, 3.05) is 44.2 Å². The van der Waals surface area contributed by atoms with Crippen LogP contribution >= 0.6 is 11.6 Å². The molecule has 2 saturated heterocycles. The number of piperidine rings is 1. The molecule has 3 aromatic carbocycles. The predicted molar refractivity (Wildman–Crippen MR) is 210 cm³/mol. The highest BCUT2D eigenvalue weighted by Crippen LogP contribution is 2.62. The summed E-state index contributed by atoms with van der Waals surface area (Å²) in [4.78, 5) is 71.8. The van der Waals surface area contributed by atoms with E-state index in [0.717, 1.165) is 4.90 Å². The van der Waals surface area contributed by atoms with Gasteiger partial charge >= 0.3 is 0 Å². The van der Waals surface area contributed by atoms with Gasteiger partial charge in [-0.15, -0.1) is 0 Å². The third kappa shape index (κ3) is 7.53. The third-order valence-electron chi connectivity index (χ3n) is 12.2. The van der Waals surface area contributed by atoms with E-state index in [0.29, 0.717) is 68.6 Å². The van der Waals surface area contributed by atoms with Crippen LogP contribution in [0.15, 0.2) is 48.5 Å². The van der Waals surface area contributed by atoms with Gasteiger partial charge in [0.15, 0.2) is 5.78 Å². The monoisotopic (exact) mass is 815 g/mol. The molecule has 12 nitrogen and oxygen atoms in total. The number of nitrogens with one attached hydrogen (secondary N) is 1. The Balaban J connectivity index is 0.882. The molecule has 0 spiro atoms. The number of fused-ring (bicyclic) bond motifs is 1. The Labute approximate surface area is 340 Å². The number of hydrogen-bond acceptors (Lipinski definition) is 9. The molecule has 0 radical (unpaired) electrons. The molecule has 4 aliphatic rings. The SMILES string of the molecule is [C-]#[N+]c1ccc(OC2C(C)(C)C(CC(=O)c3c(F)cc(N4CCN(CCCOc5ccc6c(c5)C(=O)N(C5CCC(=O)NC5=O)C6=O)CC4)cc3F)C2(C)C)cc1Cl. The molecule has 3 fully saturated rings. The smallest absolute Gasteiger partial charge is 0.262 e. The molecule has 3 heterocycles. The summed E-state index contributed by atoms with van der Waals surface area (Å²) >= 11 is 6.21. The van der Waals surface area contributed by atoms with E-state index in [1.54, 1.807) is 24.3 Å². The Kier molecular flexibility index (Phi) is 11.1. The first-order valence-corrected chi connectivity index (χ1v) is 19.7. The van der Waals surface area contributed by atoms with Crippen LogP contribution in [0.5, 0.6) is 11.5 Å². The van der Waals surface area contributed by atoms with E-state index in [-0.39, 0.29) is 47.4 Å². The molecule has 1 aliphatic carbocycles. The molecule has 7 rings (SSSR count). The first-order valence-electron chi connectivity index (χ1n) is 19.3. The first-order chi connectivity index (χ1) is 27.5. The molecular weight excluding hydrogens is 772 g/mol. The minimum Gasteiger partial charge on any atom is -0.494 e. The topological polar surface area (TPSA) is 130 Å². The number of amides is 4. The van der Waals surface area contributed by atoms with Gasteiger partial charge < -0.3 is 14.4 Å². The second-order valence-corrected chi connectivity index (χ2v) is 16.9. The summed E-state index contributed by atoms with van der Waals surface area (Å²) in [6, 6.07) is 10.9. The summed E-state index contributed by atoms with van der Waals surface area (Å²) in [5.74, 6) is -3.99. The van der Waals surface area contributed by atoms with E-state index in [1.807, 2.05) is 32.6 Å². The summed E-state index contributed by atoms with van der Waals surface area (Å²) in [5.41, 5.74) is -0.529. The summed E-state index contributed by atoms with van der Waals surface area (Å²) in [7, 11) is 0. The lowest BCUT2D eigenvalue weighted by atomic mass is 9.44. The highest BCUT2D eigenvalue weighted by Gasteiger charge is 2.63. The molecule has 0 bridgehead atoms. The van der Waals surface area contributed by atoms with Gasteiger partial charge in [0.25, 0.3) is 11.8 Å². The Bertz CT molecular complexity index is 2210. The quantitative estimate of drug-likeness (QED) is 0.0902. The van der Waals surface area contributed by atoms with Gasteiger partial charge in [0, 0.05) is 62.1 Å². The number of halogens is 3. The molecule has 15 heteroatoms. The fourth-order valence-corrected chi connectivity index (χ4v) is 9.56. The highest BCUT2D eigenvalue weighted by molar-refractivity contribution is 6.33. The zero-order chi connectivity index (χ0) is 41.7. The van der Waals surface area contributed by atoms with Crippen molar-refractivity contribution in [3.63, 3.8) is 0 Å². The van der Waals surface area contributed by atoms with Crippen LogP contribution in [0.3, 0.4) is 0 Å². The van der Waals surface area contributed by atoms with E-state index in [9.17, 15) is 24.0 Å². The number of hydrogen-bond donors (Lipinski definition) is 1. The first kappa shape index (κ1) is 40.8. The van der Waals surface area contributed by atoms with Gasteiger partial charge in [-0.25, -0.2) is 13.6 Å². The zero-order valence-electron chi connectivity index (χ0n) is 32.7. The van der Waals surface area contributed by atoms with E-state index in [2.05, 4.69) is 15.1 Å². The highest BCUT2D eigenvalue weighted by atomic mass is 35.5. The maximum Gasteiger partial charge on any atom is 0.262 e. The van der Waals surface area contributed by atoms with Crippen molar-refractivity contribution in [3.8, 4) is 11.5 Å². The van der Waals surface area contributed by atoms with Gasteiger partial charge in [-0.2, -0.15) is 0 Å². The molecule has 1 unspecified atom stereocenters. The second-order valence-electron chi connectivity index (χ2n) is 16.5. The molecule has 4 amide bonds. The number of Topliss-reactive ketones (excluding diaryl/α,β-unsaturated/α-hetero) is 1. The third-order valence-corrected chi connectivity index (χ3v) is 12.5. The minimum absolute atomic E-state index is 0.0401. The van der Waals surface area contributed by atoms with Crippen LogP contribution in [0.1, 0.15) is 84.5 Å². The van der Waals surface area contributed by atoms with E-state index in [4.69, 9.17) is 27.6 Å². The summed E-state index contributed by atoms with van der Waals surface area (Å²) in [5, 5.41) is 2.47. The number of carbonyl (C=O) groups excluding carboxylic acids is 5. The van der Waals surface area contributed by atoms with Crippen LogP contribution in [-0.2, 0) is 9.59 Å². The Hall–Kier alpha value is -5.39. The van der Waals surface area contributed by atoms with Crippen molar-refractivity contribution < 1.29 is 42.2 Å². The van der Waals surface area contributed by atoms with Crippen molar-refractivity contribution in [1.29, 1.82) is 0 Å². The number of nitrogens with zero attached hydrogens (tertiary/aromatic N) is 4.